The van der Waals surface area contributed by atoms with Crippen LogP contribution in [0.1, 0.15) is 73.7 Å². The van der Waals surface area contributed by atoms with Crippen LogP contribution < -0.4 is 9.47 Å². The molecule has 0 radical (unpaired) electrons. The van der Waals surface area contributed by atoms with Gasteiger partial charge in [-0.2, -0.15) is 8.78 Å². The summed E-state index contributed by atoms with van der Waals surface area (Å²) in [6.45, 7) is 5.67. The van der Waals surface area contributed by atoms with Crippen LogP contribution in [0.2, 0.25) is 0 Å². The molecular weight excluding hydrogens is 536 g/mol. The van der Waals surface area contributed by atoms with Gasteiger partial charge in [-0.15, -0.1) is 6.58 Å². The summed E-state index contributed by atoms with van der Waals surface area (Å²) < 4.78 is 69.2. The summed E-state index contributed by atoms with van der Waals surface area (Å²) in [5.41, 5.74) is 0.730. The zero-order valence-corrected chi connectivity index (χ0v) is 23.0. The van der Waals surface area contributed by atoms with Gasteiger partial charge < -0.3 is 14.6 Å². The van der Waals surface area contributed by atoms with E-state index in [9.17, 15) is 18.7 Å². The van der Waals surface area contributed by atoms with Crippen molar-refractivity contribution >= 4 is 5.97 Å². The number of esters is 1. The third-order valence-corrected chi connectivity index (χ3v) is 7.68. The average molecular weight is 571 g/mol. The van der Waals surface area contributed by atoms with Crippen molar-refractivity contribution in [2.24, 2.45) is 5.92 Å². The molecule has 4 nitrogen and oxygen atoms in total. The molecule has 0 aromatic heterocycles. The van der Waals surface area contributed by atoms with Crippen LogP contribution in [-0.4, -0.2) is 23.8 Å². The van der Waals surface area contributed by atoms with E-state index in [-0.39, 0.29) is 41.4 Å². The van der Waals surface area contributed by atoms with E-state index in [1.807, 2.05) is 6.92 Å². The van der Waals surface area contributed by atoms with Gasteiger partial charge in [0.2, 0.25) is 11.6 Å². The van der Waals surface area contributed by atoms with Crippen LogP contribution in [-0.2, 0) is 0 Å². The van der Waals surface area contributed by atoms with Gasteiger partial charge in [0.15, 0.2) is 23.1 Å². The number of carbonyl (C=O) groups is 1. The molecule has 0 aliphatic heterocycles. The lowest BCUT2D eigenvalue weighted by atomic mass is 9.75. The molecule has 3 aromatic carbocycles. The maximum atomic E-state index is 15.2. The minimum absolute atomic E-state index is 0.0133. The summed E-state index contributed by atoms with van der Waals surface area (Å²) in [5.74, 6) is -6.29. The summed E-state index contributed by atoms with van der Waals surface area (Å²) >= 11 is 0. The van der Waals surface area contributed by atoms with Crippen LogP contribution in [0.15, 0.2) is 61.2 Å². The number of aliphatic hydroxyl groups is 1. The fourth-order valence-electron chi connectivity index (χ4n) is 5.35. The van der Waals surface area contributed by atoms with Crippen LogP contribution in [0, 0.1) is 29.2 Å². The second-order valence-electron chi connectivity index (χ2n) is 10.4. The van der Waals surface area contributed by atoms with Crippen LogP contribution in [0.4, 0.5) is 17.6 Å². The number of benzene rings is 3. The molecule has 0 heterocycles. The molecule has 0 spiro atoms. The van der Waals surface area contributed by atoms with Crippen LogP contribution in [0.5, 0.6) is 11.5 Å². The van der Waals surface area contributed by atoms with E-state index < -0.39 is 35.0 Å². The van der Waals surface area contributed by atoms with Crippen molar-refractivity contribution in [1.82, 2.24) is 0 Å². The first-order chi connectivity index (χ1) is 19.7. The van der Waals surface area contributed by atoms with Crippen molar-refractivity contribution in [3.05, 3.63) is 95.6 Å². The Labute approximate surface area is 237 Å². The summed E-state index contributed by atoms with van der Waals surface area (Å²) in [4.78, 5) is 12.6. The summed E-state index contributed by atoms with van der Waals surface area (Å²) in [7, 11) is 0. The topological polar surface area (TPSA) is 55.8 Å². The number of hydrogen-bond donors (Lipinski definition) is 1. The maximum Gasteiger partial charge on any atom is 0.343 e. The predicted molar refractivity (Wildman–Crippen MR) is 149 cm³/mol. The highest BCUT2D eigenvalue weighted by atomic mass is 19.2. The van der Waals surface area contributed by atoms with Crippen molar-refractivity contribution in [3.63, 3.8) is 0 Å². The number of rotatable bonds is 11. The molecule has 1 saturated carbocycles. The monoisotopic (exact) mass is 570 g/mol. The minimum Gasteiger partial charge on any atom is -0.490 e. The molecule has 41 heavy (non-hydrogen) atoms. The van der Waals surface area contributed by atoms with E-state index in [4.69, 9.17) is 9.47 Å². The Balaban J connectivity index is 1.43. The number of ether oxygens (including phenoxy) is 2. The lowest BCUT2D eigenvalue weighted by Gasteiger charge is -2.32. The molecule has 1 aliphatic rings. The Bertz CT molecular complexity index is 1360. The molecule has 0 saturated heterocycles. The summed E-state index contributed by atoms with van der Waals surface area (Å²) in [6, 6.07) is 10.9. The van der Waals surface area contributed by atoms with E-state index in [0.29, 0.717) is 30.4 Å². The molecule has 8 heteroatoms. The summed E-state index contributed by atoms with van der Waals surface area (Å²) in [5, 5.41) is 10.3. The predicted octanol–water partition coefficient (Wildman–Crippen LogP) is 8.52. The fraction of sp³-hybridized carbons (Fsp3) is 0.364. The standard InChI is InChI=1S/C33H34F4O4/c1-3-5-19-40-27-17-18-28(32(37)31(27)36)41-33(39)23-13-9-21(10-14-23)25-16-15-24(29(34)30(25)35)20-7-11-22(12-8-20)26(38)6-4-2/h3,9-10,13-18,20,22,26,38H,1,4-8,11-12,19H2,2H3. The molecule has 1 fully saturated rings. The van der Waals surface area contributed by atoms with Gasteiger partial charge in [0.25, 0.3) is 0 Å². The third kappa shape index (κ3) is 6.99. The second-order valence-corrected chi connectivity index (χ2v) is 10.4. The third-order valence-electron chi connectivity index (χ3n) is 7.68. The van der Waals surface area contributed by atoms with Gasteiger partial charge in [-0.1, -0.05) is 43.7 Å². The zero-order chi connectivity index (χ0) is 29.5. The van der Waals surface area contributed by atoms with Gasteiger partial charge in [-0.3, -0.25) is 0 Å². The van der Waals surface area contributed by atoms with E-state index in [1.165, 1.54) is 30.3 Å². The number of hydrogen-bond acceptors (Lipinski definition) is 4. The minimum atomic E-state index is -1.37. The maximum absolute atomic E-state index is 15.2. The van der Waals surface area contributed by atoms with E-state index in [1.54, 1.807) is 12.1 Å². The Hall–Kier alpha value is -3.65. The molecule has 1 unspecified atom stereocenters. The second kappa shape index (κ2) is 13.8. The Morgan fingerprint density at radius 3 is 2.24 bits per heavy atom. The highest BCUT2D eigenvalue weighted by Gasteiger charge is 2.29. The van der Waals surface area contributed by atoms with Gasteiger partial charge >= 0.3 is 5.97 Å². The van der Waals surface area contributed by atoms with E-state index in [2.05, 4.69) is 6.58 Å². The Kier molecular flexibility index (Phi) is 10.2. The Morgan fingerprint density at radius 2 is 1.59 bits per heavy atom. The SMILES string of the molecule is C=CCCOc1ccc(OC(=O)c2ccc(-c3ccc(C4CCC(C(O)CCC)CC4)c(F)c3F)cc2)c(F)c1F. The van der Waals surface area contributed by atoms with Gasteiger partial charge in [0, 0.05) is 5.56 Å². The van der Waals surface area contributed by atoms with Crippen molar-refractivity contribution in [3.8, 4) is 22.6 Å². The van der Waals surface area contributed by atoms with E-state index >= 15 is 8.78 Å². The van der Waals surface area contributed by atoms with Gasteiger partial charge in [-0.05, 0) is 85.8 Å². The van der Waals surface area contributed by atoms with Crippen molar-refractivity contribution in [1.29, 1.82) is 0 Å². The van der Waals surface area contributed by atoms with Gasteiger partial charge in [0.1, 0.15) is 0 Å². The first-order valence-electron chi connectivity index (χ1n) is 13.9. The normalized spacial score (nSPS) is 17.6. The van der Waals surface area contributed by atoms with Crippen LogP contribution in [0.25, 0.3) is 11.1 Å². The Morgan fingerprint density at radius 1 is 0.927 bits per heavy atom. The van der Waals surface area contributed by atoms with Crippen molar-refractivity contribution < 1.29 is 36.9 Å². The lowest BCUT2D eigenvalue weighted by molar-refractivity contribution is 0.0722. The molecule has 218 valence electrons. The lowest BCUT2D eigenvalue weighted by Crippen LogP contribution is -2.25. The van der Waals surface area contributed by atoms with Crippen LogP contribution in [0.3, 0.4) is 0 Å². The largest absolute Gasteiger partial charge is 0.490 e. The zero-order valence-electron chi connectivity index (χ0n) is 23.0. The quantitative estimate of drug-likeness (QED) is 0.0826. The highest BCUT2D eigenvalue weighted by Crippen LogP contribution is 2.40. The summed E-state index contributed by atoms with van der Waals surface area (Å²) in [6.07, 6.45) is 6.25. The number of carbonyl (C=O) groups excluding carboxylic acids is 1. The molecule has 4 rings (SSSR count). The number of aliphatic hydroxyl groups excluding tert-OH is 1. The molecule has 0 amide bonds. The number of halogens is 4. The van der Waals surface area contributed by atoms with Gasteiger partial charge in [-0.25, -0.2) is 13.6 Å². The van der Waals surface area contributed by atoms with Crippen molar-refractivity contribution in [2.45, 2.75) is 63.9 Å². The molecular formula is C33H34F4O4. The molecule has 0 bridgehead atoms. The molecule has 3 aromatic rings. The highest BCUT2D eigenvalue weighted by molar-refractivity contribution is 5.91. The average Bonchev–Trinajstić information content (AvgIpc) is 2.98. The van der Waals surface area contributed by atoms with Crippen LogP contribution >= 0.6 is 0 Å². The first kappa shape index (κ1) is 30.3. The van der Waals surface area contributed by atoms with E-state index in [0.717, 1.165) is 37.8 Å². The molecule has 1 atom stereocenters. The fourth-order valence-corrected chi connectivity index (χ4v) is 5.35. The van der Waals surface area contributed by atoms with Crippen molar-refractivity contribution in [2.75, 3.05) is 6.61 Å². The smallest absolute Gasteiger partial charge is 0.343 e. The first-order valence-corrected chi connectivity index (χ1v) is 13.9. The van der Waals surface area contributed by atoms with Gasteiger partial charge in [0.05, 0.1) is 18.3 Å². The molecule has 1 N–H and O–H groups in total. The molecule has 1 aliphatic carbocycles.